The van der Waals surface area contributed by atoms with E-state index >= 15 is 0 Å². The summed E-state index contributed by atoms with van der Waals surface area (Å²) < 4.78 is 4.53. The summed E-state index contributed by atoms with van der Waals surface area (Å²) in [6.45, 7) is 0.360. The van der Waals surface area contributed by atoms with Crippen molar-refractivity contribution in [2.45, 2.75) is 6.42 Å². The summed E-state index contributed by atoms with van der Waals surface area (Å²) in [5.41, 5.74) is 14.0. The second-order valence-electron chi connectivity index (χ2n) is 3.17. The summed E-state index contributed by atoms with van der Waals surface area (Å²) in [5.74, 6) is -0.614. The van der Waals surface area contributed by atoms with Crippen LogP contribution in [0, 0.1) is 0 Å². The van der Waals surface area contributed by atoms with Crippen molar-refractivity contribution < 1.29 is 9.53 Å². The molecule has 0 saturated carbocycles. The van der Waals surface area contributed by atoms with Gasteiger partial charge in [0, 0.05) is 11.5 Å². The Morgan fingerprint density at radius 1 is 1.72 bits per heavy atom. The highest BCUT2D eigenvalue weighted by Crippen LogP contribution is 2.08. The molecule has 18 heavy (non-hydrogen) atoms. The Balaban J connectivity index is 2.78. The smallest absolute Gasteiger partial charge is 0.360 e. The molecule has 0 unspecified atom stereocenters. The number of nitrogen functional groups attached to an aromatic ring is 1. The number of hydrogen-bond donors (Lipinski definition) is 1. The molecule has 0 bridgehead atoms. The molecule has 8 nitrogen and oxygen atoms in total. The molecule has 8 heteroatoms. The first-order chi connectivity index (χ1) is 8.69. The lowest BCUT2D eigenvalue weighted by Gasteiger charge is -2.02. The van der Waals surface area contributed by atoms with Gasteiger partial charge in [-0.25, -0.2) is 14.8 Å². The number of nitrogens with zero attached hydrogens (tertiary/aromatic N) is 5. The Morgan fingerprint density at radius 3 is 3.17 bits per heavy atom. The quantitative estimate of drug-likeness (QED) is 0.278. The first kappa shape index (κ1) is 13.5. The van der Waals surface area contributed by atoms with Crippen LogP contribution in [-0.4, -0.2) is 29.6 Å². The van der Waals surface area contributed by atoms with Crippen molar-refractivity contribution in [1.29, 1.82) is 0 Å². The van der Waals surface area contributed by atoms with E-state index in [1.807, 2.05) is 0 Å². The molecule has 0 amide bonds. The second kappa shape index (κ2) is 6.87. The van der Waals surface area contributed by atoms with Crippen molar-refractivity contribution in [3.8, 4) is 0 Å². The van der Waals surface area contributed by atoms with Crippen LogP contribution in [-0.2, 0) is 4.74 Å². The van der Waals surface area contributed by atoms with E-state index in [0.29, 0.717) is 18.7 Å². The SMILES string of the molecule is COC(=O)c1nc(C=CCCN=[N+]=[N-])cnc1N. The molecule has 0 aliphatic carbocycles. The average Bonchev–Trinajstić information content (AvgIpc) is 2.39. The second-order valence-corrected chi connectivity index (χ2v) is 3.17. The van der Waals surface area contributed by atoms with E-state index in [0.717, 1.165) is 0 Å². The molecule has 94 valence electrons. The number of rotatable bonds is 5. The van der Waals surface area contributed by atoms with Crippen LogP contribution < -0.4 is 5.73 Å². The lowest BCUT2D eigenvalue weighted by Crippen LogP contribution is -2.10. The van der Waals surface area contributed by atoms with Gasteiger partial charge in [-0.15, -0.1) is 0 Å². The first-order valence-corrected chi connectivity index (χ1v) is 5.07. The molecule has 1 rings (SSSR count). The molecule has 1 aromatic heterocycles. The summed E-state index contributed by atoms with van der Waals surface area (Å²) >= 11 is 0. The van der Waals surface area contributed by atoms with Gasteiger partial charge in [0.2, 0.25) is 0 Å². The van der Waals surface area contributed by atoms with Crippen molar-refractivity contribution in [1.82, 2.24) is 9.97 Å². The van der Waals surface area contributed by atoms with Crippen LogP contribution in [0.3, 0.4) is 0 Å². The molecule has 0 saturated heterocycles. The van der Waals surface area contributed by atoms with Gasteiger partial charge in [-0.05, 0) is 18.0 Å². The normalized spacial score (nSPS) is 10.1. The number of esters is 1. The maximum atomic E-state index is 11.3. The molecule has 2 N–H and O–H groups in total. The monoisotopic (exact) mass is 248 g/mol. The maximum Gasteiger partial charge on any atom is 0.360 e. The van der Waals surface area contributed by atoms with Crippen molar-refractivity contribution in [3.63, 3.8) is 0 Å². The highest BCUT2D eigenvalue weighted by molar-refractivity contribution is 5.91. The molecule has 0 radical (unpaired) electrons. The zero-order valence-electron chi connectivity index (χ0n) is 9.78. The Labute approximate surface area is 103 Å². The van der Waals surface area contributed by atoms with E-state index in [9.17, 15) is 4.79 Å². The van der Waals surface area contributed by atoms with E-state index in [-0.39, 0.29) is 11.5 Å². The zero-order chi connectivity index (χ0) is 13.4. The number of methoxy groups -OCH3 is 1. The molecule has 1 heterocycles. The lowest BCUT2D eigenvalue weighted by atomic mass is 10.3. The predicted octanol–water partition coefficient (Wildman–Crippen LogP) is 1.56. The minimum atomic E-state index is -0.635. The number of azide groups is 1. The third kappa shape index (κ3) is 3.76. The third-order valence-electron chi connectivity index (χ3n) is 1.95. The zero-order valence-corrected chi connectivity index (χ0v) is 9.78. The van der Waals surface area contributed by atoms with Gasteiger partial charge in [-0.1, -0.05) is 11.2 Å². The van der Waals surface area contributed by atoms with Crippen LogP contribution in [0.2, 0.25) is 0 Å². The van der Waals surface area contributed by atoms with Gasteiger partial charge in [0.15, 0.2) is 11.5 Å². The molecular weight excluding hydrogens is 236 g/mol. The average molecular weight is 248 g/mol. The van der Waals surface area contributed by atoms with Gasteiger partial charge >= 0.3 is 5.97 Å². The van der Waals surface area contributed by atoms with Gasteiger partial charge in [0.1, 0.15) is 0 Å². The van der Waals surface area contributed by atoms with Crippen LogP contribution in [0.15, 0.2) is 17.4 Å². The van der Waals surface area contributed by atoms with Gasteiger partial charge in [-0.3, -0.25) is 0 Å². The molecular formula is C10H12N6O2. The van der Waals surface area contributed by atoms with Crippen molar-refractivity contribution in [2.75, 3.05) is 19.4 Å². The molecule has 0 spiro atoms. The molecule has 0 aromatic carbocycles. The molecule has 0 aliphatic rings. The fraction of sp³-hybridized carbons (Fsp3) is 0.300. The Hall–Kier alpha value is -2.60. The fourth-order valence-corrected chi connectivity index (χ4v) is 1.12. The van der Waals surface area contributed by atoms with Crippen molar-refractivity contribution in [3.05, 3.63) is 34.1 Å². The van der Waals surface area contributed by atoms with E-state index in [4.69, 9.17) is 11.3 Å². The van der Waals surface area contributed by atoms with Gasteiger partial charge < -0.3 is 10.5 Å². The summed E-state index contributed by atoms with van der Waals surface area (Å²) in [4.78, 5) is 21.8. The number of carbonyl (C=O) groups excluding carboxylic acids is 1. The molecule has 1 aromatic rings. The minimum absolute atomic E-state index is 0.0188. The predicted molar refractivity (Wildman–Crippen MR) is 65.4 cm³/mol. The number of nitrogens with two attached hydrogens (primary N) is 1. The van der Waals surface area contributed by atoms with Gasteiger partial charge in [-0.2, -0.15) is 0 Å². The Kier molecular flexibility index (Phi) is 5.14. The Bertz CT molecular complexity index is 507. The highest BCUT2D eigenvalue weighted by atomic mass is 16.5. The summed E-state index contributed by atoms with van der Waals surface area (Å²) in [6.07, 6.45) is 5.43. The van der Waals surface area contributed by atoms with Crippen LogP contribution in [0.5, 0.6) is 0 Å². The topological polar surface area (TPSA) is 127 Å². The van der Waals surface area contributed by atoms with E-state index in [1.165, 1.54) is 13.3 Å². The van der Waals surface area contributed by atoms with Crippen molar-refractivity contribution in [2.24, 2.45) is 5.11 Å². The molecule has 0 atom stereocenters. The standard InChI is InChI=1S/C10H12N6O2/c1-18-10(17)8-9(11)13-6-7(15-8)4-2-3-5-14-16-12/h2,4,6H,3,5H2,1H3,(H2,11,13). The maximum absolute atomic E-state index is 11.3. The number of hydrogen-bond acceptors (Lipinski definition) is 6. The molecule has 0 fully saturated rings. The van der Waals surface area contributed by atoms with Gasteiger partial charge in [0.05, 0.1) is 19.0 Å². The summed E-state index contributed by atoms with van der Waals surface area (Å²) in [7, 11) is 1.24. The van der Waals surface area contributed by atoms with Crippen LogP contribution in [0.4, 0.5) is 5.82 Å². The van der Waals surface area contributed by atoms with Crippen LogP contribution >= 0.6 is 0 Å². The first-order valence-electron chi connectivity index (χ1n) is 5.07. The fourth-order valence-electron chi connectivity index (χ4n) is 1.12. The van der Waals surface area contributed by atoms with Gasteiger partial charge in [0.25, 0.3) is 0 Å². The largest absolute Gasteiger partial charge is 0.464 e. The lowest BCUT2D eigenvalue weighted by molar-refractivity contribution is 0.0595. The third-order valence-corrected chi connectivity index (χ3v) is 1.95. The number of ether oxygens (including phenoxy) is 1. The number of aromatic nitrogens is 2. The Morgan fingerprint density at radius 2 is 2.50 bits per heavy atom. The van der Waals surface area contributed by atoms with E-state index in [1.54, 1.807) is 12.2 Å². The molecule has 0 aliphatic heterocycles. The summed E-state index contributed by atoms with van der Waals surface area (Å²) in [6, 6.07) is 0. The number of carbonyl (C=O) groups is 1. The summed E-state index contributed by atoms with van der Waals surface area (Å²) in [5, 5.41) is 3.38. The van der Waals surface area contributed by atoms with Crippen LogP contribution in [0.25, 0.3) is 16.5 Å². The minimum Gasteiger partial charge on any atom is -0.464 e. The van der Waals surface area contributed by atoms with Crippen molar-refractivity contribution >= 4 is 17.9 Å². The van der Waals surface area contributed by atoms with E-state index < -0.39 is 5.97 Å². The number of anilines is 1. The highest BCUT2D eigenvalue weighted by Gasteiger charge is 2.12. The van der Waals surface area contributed by atoms with Crippen LogP contribution in [0.1, 0.15) is 22.6 Å². The van der Waals surface area contributed by atoms with E-state index in [2.05, 4.69) is 24.7 Å².